The van der Waals surface area contributed by atoms with Gasteiger partial charge in [0.15, 0.2) is 0 Å². The number of rotatable bonds is 5. The molecule has 158 valence electrons. The Labute approximate surface area is 186 Å². The number of pyridine rings is 1. The first-order chi connectivity index (χ1) is 14.9. The molecule has 2 amide bonds. The van der Waals surface area contributed by atoms with Crippen LogP contribution in [-0.4, -0.2) is 23.3 Å². The Balaban J connectivity index is 1.48. The molecule has 1 aliphatic rings. The number of amides is 2. The number of carbonyl (C=O) groups excluding carboxylic acids is 2. The van der Waals surface area contributed by atoms with Crippen LogP contribution in [0.3, 0.4) is 0 Å². The maximum absolute atomic E-state index is 13.3. The van der Waals surface area contributed by atoms with Crippen molar-refractivity contribution in [3.8, 4) is 0 Å². The van der Waals surface area contributed by atoms with Crippen LogP contribution in [0, 0.1) is 20.8 Å². The van der Waals surface area contributed by atoms with Crippen LogP contribution in [0.15, 0.2) is 64.6 Å². The van der Waals surface area contributed by atoms with Gasteiger partial charge in [-0.05, 0) is 62.6 Å². The van der Waals surface area contributed by atoms with E-state index in [1.165, 1.54) is 17.3 Å². The zero-order valence-corrected chi connectivity index (χ0v) is 18.8. The Kier molecular flexibility index (Phi) is 6.09. The molecule has 0 radical (unpaired) electrons. The first-order valence-electron chi connectivity index (χ1n) is 10.4. The van der Waals surface area contributed by atoms with Crippen LogP contribution >= 0.6 is 11.8 Å². The average Bonchev–Trinajstić information content (AvgIpc) is 2.85. The zero-order valence-electron chi connectivity index (χ0n) is 17.9. The lowest BCUT2D eigenvalue weighted by Gasteiger charge is -2.23. The van der Waals surface area contributed by atoms with Gasteiger partial charge in [-0.1, -0.05) is 41.6 Å². The monoisotopic (exact) mass is 431 g/mol. The molecule has 6 heteroatoms. The Morgan fingerprint density at radius 2 is 1.81 bits per heavy atom. The number of aryl methyl sites for hydroxylation is 3. The smallest absolute Gasteiger partial charge is 0.261 e. The summed E-state index contributed by atoms with van der Waals surface area (Å²) in [5.74, 6) is -0.117. The van der Waals surface area contributed by atoms with Crippen molar-refractivity contribution in [1.29, 1.82) is 0 Å². The van der Waals surface area contributed by atoms with E-state index < -0.39 is 0 Å². The van der Waals surface area contributed by atoms with Gasteiger partial charge in [-0.2, -0.15) is 0 Å². The first-order valence-corrected chi connectivity index (χ1v) is 11.2. The molecule has 3 aromatic rings. The maximum atomic E-state index is 13.3. The highest BCUT2D eigenvalue weighted by Crippen LogP contribution is 2.40. The number of fused-ring (bicyclic) bond motifs is 2. The zero-order chi connectivity index (χ0) is 22.0. The normalized spacial score (nSPS) is 12.7. The molecule has 1 aliphatic heterocycles. The molecule has 2 heterocycles. The lowest BCUT2D eigenvalue weighted by Crippen LogP contribution is -2.32. The number of hydrogen-bond acceptors (Lipinski definition) is 4. The van der Waals surface area contributed by atoms with E-state index in [-0.39, 0.29) is 11.8 Å². The minimum atomic E-state index is -0.0776. The number of nitrogens with one attached hydrogen (secondary N) is 1. The SMILES string of the molecule is Cc1cc(C)c(NC(=O)CCCN2C(=O)c3cccnc3Sc3ccccc32)c(C)c1. The number of nitrogens with zero attached hydrogens (tertiary/aromatic N) is 2. The third-order valence-electron chi connectivity index (χ3n) is 5.34. The van der Waals surface area contributed by atoms with E-state index in [2.05, 4.69) is 22.4 Å². The van der Waals surface area contributed by atoms with Crippen LogP contribution in [0.1, 0.15) is 39.9 Å². The van der Waals surface area contributed by atoms with Crippen molar-refractivity contribution in [2.45, 2.75) is 43.5 Å². The molecule has 0 spiro atoms. The summed E-state index contributed by atoms with van der Waals surface area (Å²) in [6, 6.07) is 15.6. The van der Waals surface area contributed by atoms with Gasteiger partial charge in [-0.15, -0.1) is 0 Å². The quantitative estimate of drug-likeness (QED) is 0.576. The standard InChI is InChI=1S/C25H25N3O2S/c1-16-14-17(2)23(18(3)15-16)27-22(29)11-7-13-28-20-9-4-5-10-21(20)31-24-19(25(28)30)8-6-12-26-24/h4-6,8-10,12,14-15H,7,11,13H2,1-3H3,(H,27,29). The van der Waals surface area contributed by atoms with Crippen molar-refractivity contribution in [2.24, 2.45) is 0 Å². The Morgan fingerprint density at radius 1 is 1.06 bits per heavy atom. The summed E-state index contributed by atoms with van der Waals surface area (Å²) in [5, 5.41) is 3.76. The number of hydrogen-bond donors (Lipinski definition) is 1. The summed E-state index contributed by atoms with van der Waals surface area (Å²) >= 11 is 1.50. The maximum Gasteiger partial charge on any atom is 0.261 e. The Morgan fingerprint density at radius 3 is 2.58 bits per heavy atom. The van der Waals surface area contributed by atoms with E-state index in [0.29, 0.717) is 30.0 Å². The molecular weight excluding hydrogens is 406 g/mol. The van der Waals surface area contributed by atoms with Crippen molar-refractivity contribution >= 4 is 35.0 Å². The predicted octanol–water partition coefficient (Wildman–Crippen LogP) is 5.54. The highest BCUT2D eigenvalue weighted by Gasteiger charge is 2.27. The first kappa shape index (κ1) is 21.1. The van der Waals surface area contributed by atoms with Crippen LogP contribution < -0.4 is 10.2 Å². The molecule has 0 aliphatic carbocycles. The van der Waals surface area contributed by atoms with Crippen LogP contribution in [0.25, 0.3) is 0 Å². The molecule has 4 rings (SSSR count). The second kappa shape index (κ2) is 8.94. The molecule has 0 atom stereocenters. The molecule has 2 aromatic carbocycles. The number of aromatic nitrogens is 1. The lowest BCUT2D eigenvalue weighted by atomic mass is 10.0. The van der Waals surface area contributed by atoms with E-state index in [4.69, 9.17) is 0 Å². The molecule has 0 unspecified atom stereocenters. The van der Waals surface area contributed by atoms with Gasteiger partial charge in [0, 0.05) is 29.7 Å². The minimum Gasteiger partial charge on any atom is -0.326 e. The fourth-order valence-electron chi connectivity index (χ4n) is 3.96. The number of anilines is 2. The summed E-state index contributed by atoms with van der Waals surface area (Å²) in [6.45, 7) is 6.52. The van der Waals surface area contributed by atoms with Crippen LogP contribution in [0.4, 0.5) is 11.4 Å². The van der Waals surface area contributed by atoms with E-state index in [9.17, 15) is 9.59 Å². The van der Waals surface area contributed by atoms with E-state index >= 15 is 0 Å². The number of benzene rings is 2. The molecule has 0 saturated carbocycles. The molecule has 1 aromatic heterocycles. The summed E-state index contributed by atoms with van der Waals surface area (Å²) in [6.07, 6.45) is 2.61. The molecule has 0 fully saturated rings. The highest BCUT2D eigenvalue weighted by molar-refractivity contribution is 7.99. The van der Waals surface area contributed by atoms with Gasteiger partial charge in [0.2, 0.25) is 5.91 Å². The predicted molar refractivity (Wildman–Crippen MR) is 125 cm³/mol. The van der Waals surface area contributed by atoms with Gasteiger partial charge < -0.3 is 10.2 Å². The molecular formula is C25H25N3O2S. The van der Waals surface area contributed by atoms with Crippen molar-refractivity contribution < 1.29 is 9.59 Å². The van der Waals surface area contributed by atoms with Gasteiger partial charge >= 0.3 is 0 Å². The molecule has 0 bridgehead atoms. The second-order valence-electron chi connectivity index (χ2n) is 7.81. The molecule has 5 nitrogen and oxygen atoms in total. The van der Waals surface area contributed by atoms with Gasteiger partial charge in [0.05, 0.1) is 11.3 Å². The summed E-state index contributed by atoms with van der Waals surface area (Å²) in [5.41, 5.74) is 5.63. The topological polar surface area (TPSA) is 62.3 Å². The lowest BCUT2D eigenvalue weighted by molar-refractivity contribution is -0.116. The highest BCUT2D eigenvalue weighted by atomic mass is 32.2. The van der Waals surface area contributed by atoms with Gasteiger partial charge in [0.25, 0.3) is 5.91 Å². The van der Waals surface area contributed by atoms with Crippen molar-refractivity contribution in [1.82, 2.24) is 4.98 Å². The van der Waals surface area contributed by atoms with Crippen molar-refractivity contribution in [2.75, 3.05) is 16.8 Å². The third kappa shape index (κ3) is 4.49. The van der Waals surface area contributed by atoms with Crippen LogP contribution in [0.2, 0.25) is 0 Å². The van der Waals surface area contributed by atoms with Crippen LogP contribution in [0.5, 0.6) is 0 Å². The molecule has 31 heavy (non-hydrogen) atoms. The fraction of sp³-hybridized carbons (Fsp3) is 0.240. The molecule has 0 saturated heterocycles. The summed E-state index contributed by atoms with van der Waals surface area (Å²) in [4.78, 5) is 33.0. The van der Waals surface area contributed by atoms with Crippen LogP contribution in [-0.2, 0) is 4.79 Å². The largest absolute Gasteiger partial charge is 0.326 e. The van der Waals surface area contributed by atoms with Crippen molar-refractivity contribution in [3.05, 3.63) is 77.0 Å². The number of para-hydroxylation sites is 1. The number of carbonyl (C=O) groups is 2. The third-order valence-corrected chi connectivity index (χ3v) is 6.42. The van der Waals surface area contributed by atoms with Gasteiger partial charge in [-0.25, -0.2) is 4.98 Å². The summed E-state index contributed by atoms with van der Waals surface area (Å²) in [7, 11) is 0. The van der Waals surface area contributed by atoms with Gasteiger partial charge in [-0.3, -0.25) is 9.59 Å². The Bertz CT molecular complexity index is 1140. The molecule has 1 N–H and O–H groups in total. The summed E-state index contributed by atoms with van der Waals surface area (Å²) < 4.78 is 0. The van der Waals surface area contributed by atoms with Crippen molar-refractivity contribution in [3.63, 3.8) is 0 Å². The van der Waals surface area contributed by atoms with E-state index in [1.807, 2.05) is 51.1 Å². The second-order valence-corrected chi connectivity index (χ2v) is 8.84. The Hall–Kier alpha value is -3.12. The average molecular weight is 432 g/mol. The van der Waals surface area contributed by atoms with E-state index in [1.54, 1.807) is 17.2 Å². The van der Waals surface area contributed by atoms with E-state index in [0.717, 1.165) is 27.4 Å². The fourth-order valence-corrected chi connectivity index (χ4v) is 4.98. The minimum absolute atomic E-state index is 0.0398. The van der Waals surface area contributed by atoms with Gasteiger partial charge in [0.1, 0.15) is 5.03 Å².